The van der Waals surface area contributed by atoms with Gasteiger partial charge in [-0.1, -0.05) is 26.7 Å². The molecule has 0 bridgehead atoms. The number of hydrogen-bond acceptors (Lipinski definition) is 3. The topological polar surface area (TPSA) is 57.5 Å². The van der Waals surface area contributed by atoms with Gasteiger partial charge in [-0.15, -0.1) is 24.0 Å². The Morgan fingerprint density at radius 2 is 2.07 bits per heavy atom. The van der Waals surface area contributed by atoms with E-state index in [4.69, 9.17) is 4.99 Å². The van der Waals surface area contributed by atoms with Crippen molar-refractivity contribution in [2.45, 2.75) is 78.0 Å². The number of guanidine groups is 1. The highest BCUT2D eigenvalue weighted by molar-refractivity contribution is 14.0. The molecule has 2 N–H and O–H groups in total. The van der Waals surface area contributed by atoms with Crippen molar-refractivity contribution in [3.8, 4) is 0 Å². The largest absolute Gasteiger partial charge is 0.357 e. The Labute approximate surface area is 181 Å². The summed E-state index contributed by atoms with van der Waals surface area (Å²) < 4.78 is 2.22. The molecular weight excluding hydrogens is 451 g/mol. The molecule has 6 nitrogen and oxygen atoms in total. The van der Waals surface area contributed by atoms with Crippen LogP contribution < -0.4 is 10.6 Å². The first-order valence-corrected chi connectivity index (χ1v) is 10.4. The zero-order valence-electron chi connectivity index (χ0n) is 17.2. The maximum atomic E-state index is 4.80. The van der Waals surface area contributed by atoms with E-state index in [0.29, 0.717) is 18.5 Å². The number of hydrogen-bond donors (Lipinski definition) is 2. The van der Waals surface area contributed by atoms with Gasteiger partial charge in [0.1, 0.15) is 12.4 Å². The minimum Gasteiger partial charge on any atom is -0.357 e. The number of nitrogens with one attached hydrogen (secondary N) is 2. The summed E-state index contributed by atoms with van der Waals surface area (Å²) in [6.45, 7) is 11.4. The van der Waals surface area contributed by atoms with E-state index in [9.17, 15) is 0 Å². The van der Waals surface area contributed by atoms with Crippen LogP contribution in [-0.4, -0.2) is 52.1 Å². The number of rotatable bonds is 7. The number of halogens is 1. The fourth-order valence-corrected chi connectivity index (χ4v) is 4.22. The van der Waals surface area contributed by atoms with E-state index in [0.717, 1.165) is 37.5 Å². The van der Waals surface area contributed by atoms with Crippen molar-refractivity contribution in [1.29, 1.82) is 0 Å². The molecule has 27 heavy (non-hydrogen) atoms. The summed E-state index contributed by atoms with van der Waals surface area (Å²) in [6, 6.07) is 1.33. The molecule has 2 fully saturated rings. The molecule has 1 aliphatic heterocycles. The summed E-state index contributed by atoms with van der Waals surface area (Å²) in [5.41, 5.74) is 0. The number of aliphatic imine (C=N–C) groups is 1. The van der Waals surface area contributed by atoms with Crippen LogP contribution in [0.3, 0.4) is 0 Å². The lowest BCUT2D eigenvalue weighted by atomic mass is 10.2. The summed E-state index contributed by atoms with van der Waals surface area (Å²) in [4.78, 5) is 12.0. The Kier molecular flexibility index (Phi) is 9.35. The first-order valence-electron chi connectivity index (χ1n) is 10.4. The lowest BCUT2D eigenvalue weighted by Gasteiger charge is -2.24. The van der Waals surface area contributed by atoms with E-state index in [1.807, 2.05) is 6.20 Å². The van der Waals surface area contributed by atoms with E-state index in [1.54, 1.807) is 0 Å². The Bertz CT molecular complexity index is 579. The SMILES string of the molecule is CCNC(=NCc1nccn1CC(C)C)NC1CCN(C2CCCC2)C1.I. The van der Waals surface area contributed by atoms with E-state index < -0.39 is 0 Å². The van der Waals surface area contributed by atoms with Gasteiger partial charge in [0, 0.05) is 50.7 Å². The number of likely N-dealkylation sites (tertiary alicyclic amines) is 1. The normalized spacial score (nSPS) is 21.6. The van der Waals surface area contributed by atoms with E-state index in [2.05, 4.69) is 52.1 Å². The van der Waals surface area contributed by atoms with E-state index >= 15 is 0 Å². The molecule has 3 rings (SSSR count). The van der Waals surface area contributed by atoms with Crippen LogP contribution in [0.4, 0.5) is 0 Å². The van der Waals surface area contributed by atoms with Crippen LogP contribution in [0.25, 0.3) is 0 Å². The number of imidazole rings is 1. The first-order chi connectivity index (χ1) is 12.7. The molecule has 1 aliphatic carbocycles. The fourth-order valence-electron chi connectivity index (χ4n) is 4.22. The van der Waals surface area contributed by atoms with Crippen molar-refractivity contribution in [2.24, 2.45) is 10.9 Å². The minimum atomic E-state index is 0. The van der Waals surface area contributed by atoms with Gasteiger partial charge in [-0.3, -0.25) is 4.90 Å². The standard InChI is InChI=1S/C20H36N6.HI/c1-4-21-20(23-13-19-22-10-12-26(19)14-16(2)3)24-17-9-11-25(15-17)18-7-5-6-8-18;/h10,12,16-18H,4-9,11,13-15H2,1-3H3,(H2,21,23,24);1H. The van der Waals surface area contributed by atoms with E-state index in [-0.39, 0.29) is 24.0 Å². The van der Waals surface area contributed by atoms with Gasteiger partial charge in [-0.25, -0.2) is 9.98 Å². The summed E-state index contributed by atoms with van der Waals surface area (Å²) in [7, 11) is 0. The van der Waals surface area contributed by atoms with Gasteiger partial charge in [0.05, 0.1) is 0 Å². The smallest absolute Gasteiger partial charge is 0.191 e. The molecular formula is C20H37IN6. The minimum absolute atomic E-state index is 0. The van der Waals surface area contributed by atoms with Gasteiger partial charge >= 0.3 is 0 Å². The van der Waals surface area contributed by atoms with Crippen LogP contribution in [0.2, 0.25) is 0 Å². The maximum absolute atomic E-state index is 4.80. The highest BCUT2D eigenvalue weighted by Gasteiger charge is 2.30. The van der Waals surface area contributed by atoms with Gasteiger partial charge in [-0.2, -0.15) is 0 Å². The second kappa shape index (κ2) is 11.2. The van der Waals surface area contributed by atoms with Crippen LogP contribution in [0.5, 0.6) is 0 Å². The Morgan fingerprint density at radius 3 is 2.78 bits per heavy atom. The zero-order chi connectivity index (χ0) is 18.4. The third-order valence-corrected chi connectivity index (χ3v) is 5.49. The fraction of sp³-hybridized carbons (Fsp3) is 0.800. The van der Waals surface area contributed by atoms with Crippen LogP contribution in [0, 0.1) is 5.92 Å². The molecule has 2 aliphatic rings. The molecule has 1 aromatic rings. The molecule has 1 aromatic heterocycles. The van der Waals surface area contributed by atoms with Crippen LogP contribution >= 0.6 is 24.0 Å². The average Bonchev–Trinajstić information content (AvgIpc) is 3.34. The molecule has 154 valence electrons. The molecule has 1 saturated carbocycles. The third kappa shape index (κ3) is 6.62. The zero-order valence-corrected chi connectivity index (χ0v) is 19.5. The Balaban J connectivity index is 0.00000261. The van der Waals surface area contributed by atoms with Gasteiger partial charge in [0.25, 0.3) is 0 Å². The summed E-state index contributed by atoms with van der Waals surface area (Å²) in [5, 5.41) is 7.05. The van der Waals surface area contributed by atoms with E-state index in [1.165, 1.54) is 38.6 Å². The molecule has 0 spiro atoms. The van der Waals surface area contributed by atoms with Crippen molar-refractivity contribution < 1.29 is 0 Å². The Hall–Kier alpha value is -0.830. The summed E-state index contributed by atoms with van der Waals surface area (Å²) in [5.74, 6) is 2.57. The predicted octanol–water partition coefficient (Wildman–Crippen LogP) is 3.23. The second-order valence-corrected chi connectivity index (χ2v) is 8.15. The van der Waals surface area contributed by atoms with Crippen molar-refractivity contribution >= 4 is 29.9 Å². The van der Waals surface area contributed by atoms with Crippen molar-refractivity contribution in [3.63, 3.8) is 0 Å². The maximum Gasteiger partial charge on any atom is 0.191 e. The van der Waals surface area contributed by atoms with Crippen LogP contribution in [0.15, 0.2) is 17.4 Å². The third-order valence-electron chi connectivity index (χ3n) is 5.49. The first kappa shape index (κ1) is 22.5. The highest BCUT2D eigenvalue weighted by atomic mass is 127. The Morgan fingerprint density at radius 1 is 1.30 bits per heavy atom. The number of nitrogens with zero attached hydrogens (tertiary/aromatic N) is 4. The molecule has 0 radical (unpaired) electrons. The van der Waals surface area contributed by atoms with Crippen molar-refractivity contribution in [2.75, 3.05) is 19.6 Å². The number of aromatic nitrogens is 2. The van der Waals surface area contributed by atoms with Crippen molar-refractivity contribution in [3.05, 3.63) is 18.2 Å². The molecule has 1 unspecified atom stereocenters. The van der Waals surface area contributed by atoms with Gasteiger partial charge in [-0.05, 0) is 32.1 Å². The van der Waals surface area contributed by atoms with Gasteiger partial charge in [0.2, 0.25) is 0 Å². The quantitative estimate of drug-likeness (QED) is 0.352. The second-order valence-electron chi connectivity index (χ2n) is 8.15. The average molecular weight is 488 g/mol. The lowest BCUT2D eigenvalue weighted by molar-refractivity contribution is 0.242. The van der Waals surface area contributed by atoms with Crippen LogP contribution in [-0.2, 0) is 13.1 Å². The van der Waals surface area contributed by atoms with Gasteiger partial charge < -0.3 is 15.2 Å². The molecule has 0 aromatic carbocycles. The van der Waals surface area contributed by atoms with Crippen molar-refractivity contribution in [1.82, 2.24) is 25.1 Å². The molecule has 2 heterocycles. The summed E-state index contributed by atoms with van der Waals surface area (Å²) in [6.07, 6.45) is 10.7. The lowest BCUT2D eigenvalue weighted by Crippen LogP contribution is -2.45. The van der Waals surface area contributed by atoms with Crippen LogP contribution in [0.1, 0.15) is 58.7 Å². The summed E-state index contributed by atoms with van der Waals surface area (Å²) >= 11 is 0. The predicted molar refractivity (Wildman–Crippen MR) is 123 cm³/mol. The molecule has 0 amide bonds. The monoisotopic (exact) mass is 488 g/mol. The molecule has 7 heteroatoms. The molecule has 1 saturated heterocycles. The highest BCUT2D eigenvalue weighted by Crippen LogP contribution is 2.26. The molecule has 1 atom stereocenters. The van der Waals surface area contributed by atoms with Gasteiger partial charge in [0.15, 0.2) is 5.96 Å².